The van der Waals surface area contributed by atoms with Crippen LogP contribution in [0.4, 0.5) is 0 Å². The van der Waals surface area contributed by atoms with Crippen molar-refractivity contribution >= 4 is 18.5 Å². The van der Waals surface area contributed by atoms with Gasteiger partial charge < -0.3 is 5.32 Å². The second kappa shape index (κ2) is 4.72. The fourth-order valence-corrected chi connectivity index (χ4v) is 1.03. The third kappa shape index (κ3) is 2.95. The normalized spacial score (nSPS) is 9.31. The largest absolute Gasteiger partial charge is 0.349 e. The van der Waals surface area contributed by atoms with Crippen molar-refractivity contribution in [2.45, 2.75) is 4.90 Å². The van der Waals surface area contributed by atoms with E-state index >= 15 is 0 Å². The van der Waals surface area contributed by atoms with Gasteiger partial charge in [-0.1, -0.05) is 6.08 Å². The number of thiol groups is 1. The highest BCUT2D eigenvalue weighted by Gasteiger charge is 2.01. The maximum absolute atomic E-state index is 11.3. The molecule has 0 heterocycles. The molecular formula is C10H11NOS. The molecule has 68 valence electrons. The van der Waals surface area contributed by atoms with Gasteiger partial charge in [0, 0.05) is 17.0 Å². The van der Waals surface area contributed by atoms with E-state index in [9.17, 15) is 4.79 Å². The van der Waals surface area contributed by atoms with E-state index in [1.807, 2.05) is 0 Å². The van der Waals surface area contributed by atoms with Gasteiger partial charge in [-0.2, -0.15) is 0 Å². The van der Waals surface area contributed by atoms with E-state index in [0.29, 0.717) is 12.1 Å². The number of nitrogens with one attached hydrogen (secondary N) is 1. The summed E-state index contributed by atoms with van der Waals surface area (Å²) in [6, 6.07) is 7.04. The highest BCUT2D eigenvalue weighted by atomic mass is 32.1. The minimum absolute atomic E-state index is 0.0896. The lowest BCUT2D eigenvalue weighted by Crippen LogP contribution is -2.22. The fraction of sp³-hybridized carbons (Fsp3) is 0.100. The molecule has 1 aromatic carbocycles. The molecule has 0 radical (unpaired) electrons. The molecule has 0 saturated carbocycles. The first kappa shape index (κ1) is 9.86. The molecule has 0 unspecified atom stereocenters. The highest BCUT2D eigenvalue weighted by molar-refractivity contribution is 7.80. The summed E-state index contributed by atoms with van der Waals surface area (Å²) in [5.41, 5.74) is 0.639. The molecule has 0 atom stereocenters. The van der Waals surface area contributed by atoms with Crippen molar-refractivity contribution in [3.8, 4) is 0 Å². The van der Waals surface area contributed by atoms with Crippen LogP contribution in [-0.4, -0.2) is 12.5 Å². The molecule has 1 N–H and O–H groups in total. The quantitative estimate of drug-likeness (QED) is 0.557. The third-order valence-electron chi connectivity index (χ3n) is 1.54. The summed E-state index contributed by atoms with van der Waals surface area (Å²) in [6.07, 6.45) is 1.64. The van der Waals surface area contributed by atoms with Gasteiger partial charge in [0.15, 0.2) is 0 Å². The van der Waals surface area contributed by atoms with Crippen molar-refractivity contribution < 1.29 is 4.79 Å². The van der Waals surface area contributed by atoms with Gasteiger partial charge in [-0.25, -0.2) is 0 Å². The van der Waals surface area contributed by atoms with Crippen LogP contribution in [0.1, 0.15) is 10.4 Å². The van der Waals surface area contributed by atoms with Gasteiger partial charge in [-0.3, -0.25) is 4.79 Å². The monoisotopic (exact) mass is 193 g/mol. The van der Waals surface area contributed by atoms with Gasteiger partial charge in [0.1, 0.15) is 0 Å². The minimum atomic E-state index is -0.0896. The van der Waals surface area contributed by atoms with Crippen molar-refractivity contribution in [3.63, 3.8) is 0 Å². The lowest BCUT2D eigenvalue weighted by Gasteiger charge is -2.01. The summed E-state index contributed by atoms with van der Waals surface area (Å²) in [5, 5.41) is 2.69. The molecule has 0 bridgehead atoms. The average Bonchev–Trinajstić information content (AvgIpc) is 2.15. The van der Waals surface area contributed by atoms with Crippen molar-refractivity contribution in [2.75, 3.05) is 6.54 Å². The second-order valence-corrected chi connectivity index (χ2v) is 3.06. The van der Waals surface area contributed by atoms with Crippen LogP contribution in [0.15, 0.2) is 41.8 Å². The van der Waals surface area contributed by atoms with E-state index in [0.717, 1.165) is 4.90 Å². The Kier molecular flexibility index (Phi) is 3.58. The van der Waals surface area contributed by atoms with Crippen LogP contribution in [-0.2, 0) is 0 Å². The fourth-order valence-electron chi connectivity index (χ4n) is 0.880. The number of hydrogen-bond donors (Lipinski definition) is 2. The van der Waals surface area contributed by atoms with Crippen LogP contribution in [0.2, 0.25) is 0 Å². The van der Waals surface area contributed by atoms with E-state index in [-0.39, 0.29) is 5.91 Å². The molecule has 0 aliphatic heterocycles. The van der Waals surface area contributed by atoms with Gasteiger partial charge in [-0.15, -0.1) is 19.2 Å². The Hall–Kier alpha value is -1.22. The molecule has 0 aromatic heterocycles. The Bertz CT molecular complexity index is 305. The lowest BCUT2D eigenvalue weighted by atomic mass is 10.2. The topological polar surface area (TPSA) is 29.1 Å². The molecule has 0 spiro atoms. The smallest absolute Gasteiger partial charge is 0.251 e. The second-order valence-electron chi connectivity index (χ2n) is 2.55. The third-order valence-corrected chi connectivity index (χ3v) is 1.83. The van der Waals surface area contributed by atoms with E-state index in [2.05, 4.69) is 24.5 Å². The summed E-state index contributed by atoms with van der Waals surface area (Å²) in [6.45, 7) is 4.00. The van der Waals surface area contributed by atoms with Gasteiger partial charge in [0.25, 0.3) is 5.91 Å². The predicted octanol–water partition coefficient (Wildman–Crippen LogP) is 1.89. The first-order valence-corrected chi connectivity index (χ1v) is 4.37. The van der Waals surface area contributed by atoms with Crippen molar-refractivity contribution in [1.29, 1.82) is 0 Å². The van der Waals surface area contributed by atoms with E-state index in [4.69, 9.17) is 0 Å². The van der Waals surface area contributed by atoms with Crippen LogP contribution in [0.3, 0.4) is 0 Å². The zero-order valence-electron chi connectivity index (χ0n) is 7.16. The van der Waals surface area contributed by atoms with Gasteiger partial charge in [-0.05, 0) is 24.3 Å². The number of amides is 1. The minimum Gasteiger partial charge on any atom is -0.349 e. The Morgan fingerprint density at radius 1 is 1.46 bits per heavy atom. The molecule has 13 heavy (non-hydrogen) atoms. The standard InChI is InChI=1S/C10H11NOS/c1-2-7-11-10(12)8-3-5-9(13)6-4-8/h2-6,13H,1,7H2,(H,11,12). The van der Waals surface area contributed by atoms with Gasteiger partial charge in [0.05, 0.1) is 0 Å². The molecule has 1 rings (SSSR count). The molecule has 0 fully saturated rings. The Morgan fingerprint density at radius 3 is 2.62 bits per heavy atom. The Balaban J connectivity index is 2.66. The summed E-state index contributed by atoms with van der Waals surface area (Å²) in [5.74, 6) is -0.0896. The molecule has 2 nitrogen and oxygen atoms in total. The van der Waals surface area contributed by atoms with E-state index in [1.165, 1.54) is 0 Å². The van der Waals surface area contributed by atoms with Crippen molar-refractivity contribution in [3.05, 3.63) is 42.5 Å². The zero-order valence-corrected chi connectivity index (χ0v) is 8.05. The predicted molar refractivity (Wildman–Crippen MR) is 56.2 cm³/mol. The van der Waals surface area contributed by atoms with Crippen LogP contribution in [0.25, 0.3) is 0 Å². The Labute approximate surface area is 83.1 Å². The highest BCUT2D eigenvalue weighted by Crippen LogP contribution is 2.07. The van der Waals surface area contributed by atoms with Crippen molar-refractivity contribution in [2.24, 2.45) is 0 Å². The SMILES string of the molecule is C=CCNC(=O)c1ccc(S)cc1. The number of carbonyl (C=O) groups is 1. The lowest BCUT2D eigenvalue weighted by molar-refractivity contribution is 0.0958. The summed E-state index contributed by atoms with van der Waals surface area (Å²) in [7, 11) is 0. The molecule has 3 heteroatoms. The maximum atomic E-state index is 11.3. The van der Waals surface area contributed by atoms with E-state index < -0.39 is 0 Å². The molecular weight excluding hydrogens is 182 g/mol. The number of carbonyl (C=O) groups excluding carboxylic acids is 1. The summed E-state index contributed by atoms with van der Waals surface area (Å²) >= 11 is 4.12. The number of rotatable bonds is 3. The van der Waals surface area contributed by atoms with Crippen molar-refractivity contribution in [1.82, 2.24) is 5.32 Å². The van der Waals surface area contributed by atoms with Gasteiger partial charge >= 0.3 is 0 Å². The van der Waals surface area contributed by atoms with E-state index in [1.54, 1.807) is 30.3 Å². The van der Waals surface area contributed by atoms with Crippen LogP contribution < -0.4 is 5.32 Å². The number of hydrogen-bond acceptors (Lipinski definition) is 2. The average molecular weight is 193 g/mol. The maximum Gasteiger partial charge on any atom is 0.251 e. The molecule has 1 aromatic rings. The van der Waals surface area contributed by atoms with Gasteiger partial charge in [0.2, 0.25) is 0 Å². The molecule has 0 aliphatic carbocycles. The molecule has 0 saturated heterocycles. The first-order chi connectivity index (χ1) is 6.24. The summed E-state index contributed by atoms with van der Waals surface area (Å²) < 4.78 is 0. The van der Waals surface area contributed by atoms with Crippen LogP contribution in [0.5, 0.6) is 0 Å². The van der Waals surface area contributed by atoms with Crippen LogP contribution >= 0.6 is 12.6 Å². The van der Waals surface area contributed by atoms with Crippen LogP contribution in [0, 0.1) is 0 Å². The first-order valence-electron chi connectivity index (χ1n) is 3.92. The number of benzene rings is 1. The molecule has 1 amide bonds. The Morgan fingerprint density at radius 2 is 2.08 bits per heavy atom. The summed E-state index contributed by atoms with van der Waals surface area (Å²) in [4.78, 5) is 12.2. The molecule has 0 aliphatic rings. The zero-order chi connectivity index (χ0) is 9.68.